The van der Waals surface area contributed by atoms with Crippen LogP contribution in [-0.4, -0.2) is 4.92 Å². The Kier molecular flexibility index (Phi) is 3.61. The van der Waals surface area contributed by atoms with Crippen molar-refractivity contribution in [1.82, 2.24) is 0 Å². The van der Waals surface area contributed by atoms with Gasteiger partial charge in [-0.1, -0.05) is 12.1 Å². The van der Waals surface area contributed by atoms with Crippen molar-refractivity contribution in [2.24, 2.45) is 0 Å². The molecular weight excluding hydrogens is 208 g/mol. The summed E-state index contributed by atoms with van der Waals surface area (Å²) in [4.78, 5) is 10.5. The van der Waals surface area contributed by atoms with Gasteiger partial charge in [-0.3, -0.25) is 10.1 Å². The molecule has 0 aromatic heterocycles. The summed E-state index contributed by atoms with van der Waals surface area (Å²) < 4.78 is 0. The first kappa shape index (κ1) is 9.89. The second kappa shape index (κ2) is 4.74. The molecule has 0 aliphatic carbocycles. The highest BCUT2D eigenvalue weighted by molar-refractivity contribution is 8.78. The van der Waals surface area contributed by atoms with Crippen LogP contribution in [0.4, 0.5) is 5.69 Å². The van der Waals surface area contributed by atoms with E-state index in [-0.39, 0.29) is 5.69 Å². The zero-order chi connectivity index (χ0) is 9.68. The third kappa shape index (κ3) is 2.65. The summed E-state index contributed by atoms with van der Waals surface area (Å²) in [5, 5.41) is 20.6. The Hall–Kier alpha value is -1.19. The number of hydrogen-bond donors (Lipinski definition) is 0. The highest BCUT2D eigenvalue weighted by Gasteiger charge is 2.12. The standard InChI is InChI=1S/C7H4N2O2S2/c8-5-12-13-7-4-2-1-3-6(7)9(10)11/h1-4H. The third-order valence-corrected chi connectivity index (χ3v) is 2.93. The van der Waals surface area contributed by atoms with Gasteiger partial charge in [0.05, 0.1) is 9.82 Å². The summed E-state index contributed by atoms with van der Waals surface area (Å²) in [5.41, 5.74) is 0.0373. The smallest absolute Gasteiger partial charge is 0.258 e. The second-order valence-electron chi connectivity index (χ2n) is 1.98. The maximum Gasteiger partial charge on any atom is 0.283 e. The number of rotatable bonds is 3. The van der Waals surface area contributed by atoms with Crippen molar-refractivity contribution in [1.29, 1.82) is 5.26 Å². The molecule has 1 aromatic rings. The van der Waals surface area contributed by atoms with Crippen molar-refractivity contribution in [3.63, 3.8) is 0 Å². The van der Waals surface area contributed by atoms with Crippen molar-refractivity contribution in [2.45, 2.75) is 4.90 Å². The third-order valence-electron chi connectivity index (χ3n) is 1.23. The lowest BCUT2D eigenvalue weighted by Crippen LogP contribution is -1.88. The fraction of sp³-hybridized carbons (Fsp3) is 0. The number of para-hydroxylation sites is 1. The fourth-order valence-corrected chi connectivity index (χ4v) is 2.04. The molecule has 0 saturated heterocycles. The molecule has 0 atom stereocenters. The van der Waals surface area contributed by atoms with Gasteiger partial charge in [-0.15, -0.1) is 0 Å². The van der Waals surface area contributed by atoms with Crippen LogP contribution in [0.25, 0.3) is 0 Å². The van der Waals surface area contributed by atoms with E-state index in [0.29, 0.717) is 4.90 Å². The van der Waals surface area contributed by atoms with Gasteiger partial charge in [0.2, 0.25) is 0 Å². The number of hydrogen-bond acceptors (Lipinski definition) is 5. The lowest BCUT2D eigenvalue weighted by atomic mass is 10.3. The van der Waals surface area contributed by atoms with Gasteiger partial charge in [-0.2, -0.15) is 5.26 Å². The van der Waals surface area contributed by atoms with E-state index >= 15 is 0 Å². The Bertz CT molecular complexity index is 362. The van der Waals surface area contributed by atoms with E-state index in [0.717, 1.165) is 21.6 Å². The lowest BCUT2D eigenvalue weighted by Gasteiger charge is -1.96. The van der Waals surface area contributed by atoms with Gasteiger partial charge in [0.15, 0.2) is 0 Å². The molecule has 0 heterocycles. The second-order valence-corrected chi connectivity index (χ2v) is 3.94. The van der Waals surface area contributed by atoms with Crippen LogP contribution in [0, 0.1) is 20.8 Å². The van der Waals surface area contributed by atoms with Gasteiger partial charge in [0.25, 0.3) is 5.69 Å². The first-order valence-corrected chi connectivity index (χ1v) is 5.36. The van der Waals surface area contributed by atoms with E-state index in [1.54, 1.807) is 18.2 Å². The molecule has 0 N–H and O–H groups in total. The van der Waals surface area contributed by atoms with Crippen molar-refractivity contribution in [2.75, 3.05) is 0 Å². The molecule has 0 saturated carbocycles. The van der Waals surface area contributed by atoms with E-state index in [1.807, 2.05) is 5.40 Å². The first-order chi connectivity index (χ1) is 6.25. The van der Waals surface area contributed by atoms with E-state index in [2.05, 4.69) is 0 Å². The first-order valence-electron chi connectivity index (χ1n) is 3.21. The predicted molar refractivity (Wildman–Crippen MR) is 52.2 cm³/mol. The van der Waals surface area contributed by atoms with Crippen LogP contribution in [0.3, 0.4) is 0 Å². The minimum absolute atomic E-state index is 0.0373. The molecule has 0 amide bonds. The van der Waals surface area contributed by atoms with Gasteiger partial charge in [-0.25, -0.2) is 0 Å². The van der Waals surface area contributed by atoms with Crippen LogP contribution < -0.4 is 0 Å². The number of nitriles is 1. The zero-order valence-corrected chi connectivity index (χ0v) is 7.97. The number of benzene rings is 1. The Balaban J connectivity index is 2.92. The molecule has 1 aromatic carbocycles. The molecule has 13 heavy (non-hydrogen) atoms. The van der Waals surface area contributed by atoms with E-state index < -0.39 is 4.92 Å². The van der Waals surface area contributed by atoms with Crippen LogP contribution in [0.15, 0.2) is 29.2 Å². The minimum Gasteiger partial charge on any atom is -0.258 e. The minimum atomic E-state index is -0.458. The molecule has 0 aliphatic rings. The summed E-state index contributed by atoms with van der Waals surface area (Å²) in [5.74, 6) is 0. The summed E-state index contributed by atoms with van der Waals surface area (Å²) >= 11 is 0. The Morgan fingerprint density at radius 3 is 2.77 bits per heavy atom. The quantitative estimate of drug-likeness (QED) is 0.333. The normalized spacial score (nSPS) is 9.15. The number of thiocyanates is 1. The van der Waals surface area contributed by atoms with Crippen molar-refractivity contribution in [3.8, 4) is 5.40 Å². The average molecular weight is 212 g/mol. The summed E-state index contributed by atoms with van der Waals surface area (Å²) in [6.45, 7) is 0. The summed E-state index contributed by atoms with van der Waals surface area (Å²) in [7, 11) is 2.00. The predicted octanol–water partition coefficient (Wildman–Crippen LogP) is 2.82. The van der Waals surface area contributed by atoms with Crippen molar-refractivity contribution >= 4 is 27.3 Å². The van der Waals surface area contributed by atoms with Crippen LogP contribution >= 0.6 is 21.6 Å². The highest BCUT2D eigenvalue weighted by atomic mass is 33.1. The number of nitro groups is 1. The molecule has 0 fully saturated rings. The molecule has 0 radical (unpaired) electrons. The van der Waals surface area contributed by atoms with Crippen LogP contribution in [-0.2, 0) is 0 Å². The molecule has 1 rings (SSSR count). The summed E-state index contributed by atoms with van der Waals surface area (Å²) in [6, 6.07) is 6.33. The Morgan fingerprint density at radius 1 is 1.46 bits per heavy atom. The molecule has 6 heteroatoms. The lowest BCUT2D eigenvalue weighted by molar-refractivity contribution is -0.387. The molecule has 0 spiro atoms. The number of nitro benzene ring substituents is 1. The number of nitrogens with zero attached hydrogens (tertiary/aromatic N) is 2. The summed E-state index contributed by atoms with van der Waals surface area (Å²) in [6.07, 6.45) is 0. The molecule has 0 bridgehead atoms. The van der Waals surface area contributed by atoms with Crippen LogP contribution in [0.5, 0.6) is 0 Å². The van der Waals surface area contributed by atoms with Crippen LogP contribution in [0.1, 0.15) is 0 Å². The monoisotopic (exact) mass is 212 g/mol. The van der Waals surface area contributed by atoms with Crippen molar-refractivity contribution < 1.29 is 4.92 Å². The van der Waals surface area contributed by atoms with Gasteiger partial charge >= 0.3 is 0 Å². The van der Waals surface area contributed by atoms with Gasteiger partial charge in [0.1, 0.15) is 5.40 Å². The fourth-order valence-electron chi connectivity index (χ4n) is 0.742. The maximum atomic E-state index is 10.5. The van der Waals surface area contributed by atoms with Crippen molar-refractivity contribution in [3.05, 3.63) is 34.4 Å². The zero-order valence-electron chi connectivity index (χ0n) is 6.34. The topological polar surface area (TPSA) is 66.9 Å². The van der Waals surface area contributed by atoms with Gasteiger partial charge in [0, 0.05) is 16.9 Å². The highest BCUT2D eigenvalue weighted by Crippen LogP contribution is 2.36. The molecule has 4 nitrogen and oxygen atoms in total. The van der Waals surface area contributed by atoms with Gasteiger partial charge in [-0.05, 0) is 16.9 Å². The van der Waals surface area contributed by atoms with E-state index in [1.165, 1.54) is 6.07 Å². The van der Waals surface area contributed by atoms with Gasteiger partial charge < -0.3 is 0 Å². The molecule has 0 unspecified atom stereocenters. The average Bonchev–Trinajstić information content (AvgIpc) is 2.15. The van der Waals surface area contributed by atoms with Crippen LogP contribution in [0.2, 0.25) is 0 Å². The Morgan fingerprint density at radius 2 is 2.15 bits per heavy atom. The molecule has 66 valence electrons. The molecule has 0 aliphatic heterocycles. The maximum absolute atomic E-state index is 10.5. The largest absolute Gasteiger partial charge is 0.283 e. The van der Waals surface area contributed by atoms with E-state index in [4.69, 9.17) is 5.26 Å². The molecular formula is C7H4N2O2S2. The van der Waals surface area contributed by atoms with E-state index in [9.17, 15) is 10.1 Å². The SMILES string of the molecule is N#CSSc1ccccc1[N+](=O)[O-]. The Labute approximate surface area is 82.5 Å².